The van der Waals surface area contributed by atoms with E-state index in [4.69, 9.17) is 18.9 Å². The van der Waals surface area contributed by atoms with E-state index in [2.05, 4.69) is 47.6 Å². The van der Waals surface area contributed by atoms with Crippen LogP contribution in [0.4, 0.5) is 0 Å². The lowest BCUT2D eigenvalue weighted by Crippen LogP contribution is -2.65. The van der Waals surface area contributed by atoms with Crippen LogP contribution in [0.2, 0.25) is 0 Å². The topological polar surface area (TPSA) is 236 Å². The van der Waals surface area contributed by atoms with Crippen LogP contribution < -0.4 is 0 Å². The highest BCUT2D eigenvalue weighted by molar-refractivity contribution is 5.86. The number of aliphatic hydroxyl groups excluding tert-OH is 8. The van der Waals surface area contributed by atoms with Crippen molar-refractivity contribution in [3.05, 3.63) is 11.6 Å². The molecular formula is C43H72O14. The molecule has 14 nitrogen and oxygen atoms in total. The van der Waals surface area contributed by atoms with E-state index >= 15 is 0 Å². The smallest absolute Gasteiger partial charge is 0.187 e. The predicted octanol–water partition coefficient (Wildman–Crippen LogP) is 1.58. The molecule has 6 aliphatic rings. The van der Waals surface area contributed by atoms with Gasteiger partial charge in [0, 0.05) is 17.3 Å². The summed E-state index contributed by atoms with van der Waals surface area (Å²) in [4.78, 5) is 12.6. The van der Waals surface area contributed by atoms with Gasteiger partial charge in [0.15, 0.2) is 18.4 Å². The largest absolute Gasteiger partial charge is 0.396 e. The van der Waals surface area contributed by atoms with Crippen LogP contribution in [0.1, 0.15) is 107 Å². The molecule has 0 aromatic heterocycles. The Kier molecular flexibility index (Phi) is 13.0. The number of allylic oxidation sites excluding steroid dienone is 1. The van der Waals surface area contributed by atoms with Crippen molar-refractivity contribution in [1.82, 2.24) is 0 Å². The van der Waals surface area contributed by atoms with Crippen LogP contribution in [0.25, 0.3) is 0 Å². The van der Waals surface area contributed by atoms with Crippen LogP contribution in [0.5, 0.6) is 0 Å². The molecule has 1 unspecified atom stereocenters. The van der Waals surface area contributed by atoms with E-state index in [-0.39, 0.29) is 41.0 Å². The van der Waals surface area contributed by atoms with Crippen molar-refractivity contribution in [2.24, 2.45) is 51.2 Å². The molecule has 0 spiro atoms. The van der Waals surface area contributed by atoms with E-state index in [9.17, 15) is 50.8 Å². The van der Waals surface area contributed by atoms with Crippen LogP contribution in [0, 0.1) is 51.2 Å². The molecule has 2 aliphatic heterocycles. The Morgan fingerprint density at radius 1 is 0.860 bits per heavy atom. The minimum atomic E-state index is -1.64. The number of rotatable bonds is 12. The van der Waals surface area contributed by atoms with Crippen molar-refractivity contribution >= 4 is 5.78 Å². The first-order valence-corrected chi connectivity index (χ1v) is 21.3. The third kappa shape index (κ3) is 7.52. The lowest BCUT2D eigenvalue weighted by molar-refractivity contribution is -0.337. The Hall–Kier alpha value is -1.11. The van der Waals surface area contributed by atoms with Crippen molar-refractivity contribution in [3.8, 4) is 0 Å². The summed E-state index contributed by atoms with van der Waals surface area (Å²) in [6.07, 6.45) is -5.40. The average Bonchev–Trinajstić information content (AvgIpc) is 3.41. The number of ether oxygens (including phenoxy) is 4. The van der Waals surface area contributed by atoms with Crippen LogP contribution in [0.15, 0.2) is 11.6 Å². The van der Waals surface area contributed by atoms with Crippen LogP contribution in [-0.4, -0.2) is 145 Å². The molecule has 4 aliphatic carbocycles. The third-order valence-corrected chi connectivity index (χ3v) is 16.7. The average molecular weight is 813 g/mol. The highest BCUT2D eigenvalue weighted by Crippen LogP contribution is 2.75. The molecule has 19 atom stereocenters. The summed E-state index contributed by atoms with van der Waals surface area (Å²) >= 11 is 0. The van der Waals surface area contributed by atoms with Gasteiger partial charge in [-0.25, -0.2) is 0 Å². The Bertz CT molecular complexity index is 1470. The van der Waals surface area contributed by atoms with Gasteiger partial charge >= 0.3 is 0 Å². The number of fused-ring (bicyclic) bond motifs is 5. The molecule has 0 bridgehead atoms. The summed E-state index contributed by atoms with van der Waals surface area (Å²) < 4.78 is 24.0. The molecule has 9 N–H and O–H groups in total. The summed E-state index contributed by atoms with van der Waals surface area (Å²) in [7, 11) is 0. The first-order chi connectivity index (χ1) is 26.5. The maximum absolute atomic E-state index is 12.6. The van der Waals surface area contributed by atoms with Gasteiger partial charge in [-0.2, -0.15) is 0 Å². The molecule has 57 heavy (non-hydrogen) atoms. The van der Waals surface area contributed by atoms with Gasteiger partial charge in [-0.1, -0.05) is 53.2 Å². The van der Waals surface area contributed by atoms with Gasteiger partial charge in [0.05, 0.1) is 44.1 Å². The van der Waals surface area contributed by atoms with E-state index in [1.54, 1.807) is 13.8 Å². The van der Waals surface area contributed by atoms with E-state index in [0.29, 0.717) is 31.6 Å². The predicted molar refractivity (Wildman–Crippen MR) is 206 cm³/mol. The molecular weight excluding hydrogens is 740 g/mol. The summed E-state index contributed by atoms with van der Waals surface area (Å²) in [6, 6.07) is 0. The fraction of sp³-hybridized carbons (Fsp3) is 0.930. The van der Waals surface area contributed by atoms with Crippen molar-refractivity contribution < 1.29 is 69.7 Å². The van der Waals surface area contributed by atoms with Crippen molar-refractivity contribution in [2.45, 2.75) is 180 Å². The number of carbonyl (C=O) groups excluding carboxylic acids is 1. The van der Waals surface area contributed by atoms with E-state index in [1.807, 2.05) is 0 Å². The van der Waals surface area contributed by atoms with E-state index in [0.717, 1.165) is 25.7 Å². The van der Waals surface area contributed by atoms with Gasteiger partial charge in [0.25, 0.3) is 0 Å². The highest BCUT2D eigenvalue weighted by atomic mass is 16.7. The molecule has 5 fully saturated rings. The minimum absolute atomic E-state index is 0.0372. The standard InChI is InChI=1S/C43H72O14/c1-21(9-13-29(46)40(4,5)53)23-15-16-41(6)28-12-10-24-25(43(28,8)30(47)17-42(23,41)7)11-14-31(39(24,2)3)57-38-36(52)35(51)34(50)27(56-38)20-54-37-22(18-44)32(48)33(49)26(19-45)55-37/h10,21-23,25-28,30-38,44-45,47-53H,9,11-20H2,1-8H3/t21-,22-,23-,25-,26-,27-,28?,30-,31+,32-,33-,34-,35+,36-,37-,38+,41+,42-,43+/m1/s1. The van der Waals surface area contributed by atoms with Crippen molar-refractivity contribution in [3.63, 3.8) is 0 Å². The van der Waals surface area contributed by atoms with Gasteiger partial charge in [-0.05, 0) is 93.3 Å². The molecule has 2 heterocycles. The van der Waals surface area contributed by atoms with Crippen LogP contribution in [-0.2, 0) is 23.7 Å². The molecule has 0 aromatic rings. The van der Waals surface area contributed by atoms with Gasteiger partial charge in [-0.3, -0.25) is 4.79 Å². The van der Waals surface area contributed by atoms with E-state index in [1.165, 1.54) is 5.57 Å². The van der Waals surface area contributed by atoms with Gasteiger partial charge in [-0.15, -0.1) is 0 Å². The zero-order valence-corrected chi connectivity index (χ0v) is 35.2. The maximum Gasteiger partial charge on any atom is 0.187 e. The molecule has 0 amide bonds. The number of Topliss-reactive ketones (excluding diaryl/α,β-unsaturated/α-hetero) is 1. The number of aliphatic hydroxyl groups is 9. The molecule has 328 valence electrons. The SMILES string of the molecule is C[C@H](CCC(=O)C(C)(C)O)[C@H]1CC[C@@]2(C)C3CC=C4[C@@H](CC[C@H](O[C@@H]5O[C@H](CO[C@@H]6O[C@H](CO)[C@@H](O)[C@H](O)[C@H]6CO)[C@@H](O)[C@H](O)[C@H]5O)C4(C)C)[C@]3(C)[C@H](O)C[C@]12C. The summed E-state index contributed by atoms with van der Waals surface area (Å²) in [5.41, 5.74) is -1.25. The Morgan fingerprint density at radius 3 is 2.14 bits per heavy atom. The minimum Gasteiger partial charge on any atom is -0.396 e. The summed E-state index contributed by atoms with van der Waals surface area (Å²) in [5, 5.41) is 95.7. The third-order valence-electron chi connectivity index (χ3n) is 16.7. The molecule has 6 rings (SSSR count). The fourth-order valence-electron chi connectivity index (χ4n) is 12.8. The molecule has 14 heteroatoms. The van der Waals surface area contributed by atoms with Gasteiger partial charge in [0.1, 0.15) is 42.2 Å². The molecule has 0 radical (unpaired) electrons. The Labute approximate surface area is 337 Å². The first-order valence-electron chi connectivity index (χ1n) is 21.3. The molecule has 0 aromatic carbocycles. The zero-order valence-electron chi connectivity index (χ0n) is 35.2. The second-order valence-corrected chi connectivity index (χ2v) is 20.4. The lowest BCUT2D eigenvalue weighted by atomic mass is 9.38. The van der Waals surface area contributed by atoms with E-state index < -0.39 is 103 Å². The van der Waals surface area contributed by atoms with Gasteiger partial charge in [0.2, 0.25) is 0 Å². The number of hydrogen-bond donors (Lipinski definition) is 9. The molecule has 3 saturated carbocycles. The quantitative estimate of drug-likeness (QED) is 0.127. The lowest BCUT2D eigenvalue weighted by Gasteiger charge is -2.67. The highest BCUT2D eigenvalue weighted by Gasteiger charge is 2.70. The Balaban J connectivity index is 1.16. The zero-order chi connectivity index (χ0) is 42.2. The second kappa shape index (κ2) is 16.3. The normalized spacial score (nSPS) is 49.0. The number of carbonyl (C=O) groups is 1. The monoisotopic (exact) mass is 812 g/mol. The number of ketones is 1. The van der Waals surface area contributed by atoms with Crippen LogP contribution in [0.3, 0.4) is 0 Å². The first kappa shape index (κ1) is 45.4. The summed E-state index contributed by atoms with van der Waals surface area (Å²) in [5.74, 6) is -0.280. The van der Waals surface area contributed by atoms with Crippen molar-refractivity contribution in [2.75, 3.05) is 19.8 Å². The number of hydrogen-bond acceptors (Lipinski definition) is 14. The van der Waals surface area contributed by atoms with Crippen molar-refractivity contribution in [1.29, 1.82) is 0 Å². The van der Waals surface area contributed by atoms with Gasteiger partial charge < -0.3 is 64.9 Å². The van der Waals surface area contributed by atoms with Crippen LogP contribution >= 0.6 is 0 Å². The molecule has 2 saturated heterocycles. The Morgan fingerprint density at radius 2 is 1.51 bits per heavy atom. The fourth-order valence-corrected chi connectivity index (χ4v) is 12.8. The maximum atomic E-state index is 12.6. The summed E-state index contributed by atoms with van der Waals surface area (Å²) in [6.45, 7) is 15.0. The second-order valence-electron chi connectivity index (χ2n) is 20.4.